The topological polar surface area (TPSA) is 54.9 Å². The van der Waals surface area contributed by atoms with Crippen molar-refractivity contribution in [1.82, 2.24) is 14.8 Å². The maximum absolute atomic E-state index is 13.3. The Bertz CT molecular complexity index is 1190. The highest BCUT2D eigenvalue weighted by atomic mass is 32.1. The highest BCUT2D eigenvalue weighted by Crippen LogP contribution is 2.31. The van der Waals surface area contributed by atoms with Gasteiger partial charge in [-0.05, 0) is 30.5 Å². The van der Waals surface area contributed by atoms with Crippen molar-refractivity contribution < 1.29 is 27.4 Å². The van der Waals surface area contributed by atoms with Crippen molar-refractivity contribution >= 4 is 17.2 Å². The first-order valence-corrected chi connectivity index (χ1v) is 12.5. The summed E-state index contributed by atoms with van der Waals surface area (Å²) in [7, 11) is 3.13. The molecule has 2 aromatic carbocycles. The summed E-state index contributed by atoms with van der Waals surface area (Å²) < 4.78 is 50.7. The third-order valence-electron chi connectivity index (χ3n) is 6.07. The molecule has 1 aliphatic heterocycles. The predicted molar refractivity (Wildman–Crippen MR) is 131 cm³/mol. The first-order valence-electron chi connectivity index (χ1n) is 11.6. The molecule has 1 amide bonds. The highest BCUT2D eigenvalue weighted by molar-refractivity contribution is 7.09. The molecule has 1 saturated heterocycles. The molecule has 192 valence electrons. The molecule has 0 bridgehead atoms. The van der Waals surface area contributed by atoms with Crippen molar-refractivity contribution in [2.75, 3.05) is 27.3 Å². The molecule has 10 heteroatoms. The molecule has 2 heterocycles. The number of alkyl halides is 3. The van der Waals surface area contributed by atoms with Gasteiger partial charge in [0.15, 0.2) is 0 Å². The number of carbonyl (C=O) groups is 1. The molecule has 1 aliphatic rings. The second-order valence-electron chi connectivity index (χ2n) is 8.65. The minimum Gasteiger partial charge on any atom is -0.497 e. The molecule has 1 aromatic heterocycles. The predicted octanol–water partition coefficient (Wildman–Crippen LogP) is 5.62. The SMILES string of the molecule is COc1ccc(CN(Cc2cccc(C(F)(F)F)c2)Cc2nc(C(=O)N3CCCC3)cs2)c(OC)c1. The van der Waals surface area contributed by atoms with Crippen molar-refractivity contribution in [1.29, 1.82) is 0 Å². The summed E-state index contributed by atoms with van der Waals surface area (Å²) >= 11 is 1.38. The fraction of sp³-hybridized carbons (Fsp3) is 0.385. The third kappa shape index (κ3) is 6.36. The average molecular weight is 520 g/mol. The molecular formula is C26H28F3N3O3S. The Hall–Kier alpha value is -3.11. The lowest BCUT2D eigenvalue weighted by atomic mass is 10.1. The summed E-state index contributed by atoms with van der Waals surface area (Å²) in [5, 5.41) is 2.48. The summed E-state index contributed by atoms with van der Waals surface area (Å²) in [6, 6.07) is 10.8. The third-order valence-corrected chi connectivity index (χ3v) is 6.91. The fourth-order valence-electron chi connectivity index (χ4n) is 4.25. The summed E-state index contributed by atoms with van der Waals surface area (Å²) in [6.45, 7) is 2.51. The van der Waals surface area contributed by atoms with Crippen LogP contribution in [-0.4, -0.2) is 48.0 Å². The van der Waals surface area contributed by atoms with E-state index in [1.54, 1.807) is 31.7 Å². The lowest BCUT2D eigenvalue weighted by Crippen LogP contribution is -2.28. The molecule has 0 N–H and O–H groups in total. The van der Waals surface area contributed by atoms with Crippen LogP contribution in [0.4, 0.5) is 13.2 Å². The number of amides is 1. The monoisotopic (exact) mass is 519 g/mol. The van der Waals surface area contributed by atoms with Crippen molar-refractivity contribution in [2.45, 2.75) is 38.7 Å². The quantitative estimate of drug-likeness (QED) is 0.368. The van der Waals surface area contributed by atoms with Crippen LogP contribution in [0.2, 0.25) is 0 Å². The van der Waals surface area contributed by atoms with Crippen LogP contribution in [0.25, 0.3) is 0 Å². The average Bonchev–Trinajstić information content (AvgIpc) is 3.56. The van der Waals surface area contributed by atoms with Crippen LogP contribution in [-0.2, 0) is 25.8 Å². The molecule has 6 nitrogen and oxygen atoms in total. The van der Waals surface area contributed by atoms with Crippen LogP contribution in [0.5, 0.6) is 11.5 Å². The van der Waals surface area contributed by atoms with E-state index in [2.05, 4.69) is 4.98 Å². The van der Waals surface area contributed by atoms with Crippen LogP contribution >= 0.6 is 11.3 Å². The van der Waals surface area contributed by atoms with Crippen LogP contribution in [0.1, 0.15) is 45.0 Å². The van der Waals surface area contributed by atoms with Gasteiger partial charge in [-0.2, -0.15) is 13.2 Å². The number of thiazole rings is 1. The number of methoxy groups -OCH3 is 2. The molecule has 3 aromatic rings. The largest absolute Gasteiger partial charge is 0.497 e. The van der Waals surface area contributed by atoms with Crippen LogP contribution in [0, 0.1) is 0 Å². The molecule has 0 unspecified atom stereocenters. The van der Waals surface area contributed by atoms with E-state index in [4.69, 9.17) is 9.47 Å². The smallest absolute Gasteiger partial charge is 0.416 e. The Morgan fingerprint density at radius 1 is 1.06 bits per heavy atom. The zero-order valence-electron chi connectivity index (χ0n) is 20.2. The molecule has 0 aliphatic carbocycles. The summed E-state index contributed by atoms with van der Waals surface area (Å²) in [6.07, 6.45) is -2.42. The Morgan fingerprint density at radius 2 is 1.83 bits per heavy atom. The molecule has 0 atom stereocenters. The van der Waals surface area contributed by atoms with Gasteiger partial charge >= 0.3 is 6.18 Å². The second kappa shape index (κ2) is 11.3. The Morgan fingerprint density at radius 3 is 2.53 bits per heavy atom. The van der Waals surface area contributed by atoms with E-state index in [1.807, 2.05) is 21.9 Å². The number of hydrogen-bond donors (Lipinski definition) is 0. The highest BCUT2D eigenvalue weighted by Gasteiger charge is 2.30. The molecule has 1 fully saturated rings. The first kappa shape index (κ1) is 26.0. The van der Waals surface area contributed by atoms with E-state index in [0.717, 1.165) is 42.6 Å². The zero-order chi connectivity index (χ0) is 25.7. The maximum Gasteiger partial charge on any atom is 0.416 e. The number of ether oxygens (including phenoxy) is 2. The van der Waals surface area contributed by atoms with Gasteiger partial charge in [-0.25, -0.2) is 4.98 Å². The van der Waals surface area contributed by atoms with E-state index in [0.29, 0.717) is 35.8 Å². The molecular weight excluding hydrogens is 491 g/mol. The van der Waals surface area contributed by atoms with Crippen LogP contribution in [0.3, 0.4) is 0 Å². The number of rotatable bonds is 9. The number of benzene rings is 2. The number of halogens is 3. The first-order chi connectivity index (χ1) is 17.3. The van der Waals surface area contributed by atoms with Gasteiger partial charge in [-0.1, -0.05) is 24.3 Å². The van der Waals surface area contributed by atoms with Crippen molar-refractivity contribution in [3.8, 4) is 11.5 Å². The van der Waals surface area contributed by atoms with Gasteiger partial charge in [-0.15, -0.1) is 11.3 Å². The van der Waals surface area contributed by atoms with E-state index in [1.165, 1.54) is 23.5 Å². The van der Waals surface area contributed by atoms with Gasteiger partial charge in [0.2, 0.25) is 0 Å². The van der Waals surface area contributed by atoms with E-state index in [9.17, 15) is 18.0 Å². The van der Waals surface area contributed by atoms with E-state index in [-0.39, 0.29) is 12.5 Å². The Labute approximate surface area is 212 Å². The van der Waals surface area contributed by atoms with Crippen molar-refractivity contribution in [2.24, 2.45) is 0 Å². The lowest BCUT2D eigenvalue weighted by molar-refractivity contribution is -0.137. The van der Waals surface area contributed by atoms with Gasteiger partial charge in [0.05, 0.1) is 26.3 Å². The molecule has 0 spiro atoms. The Balaban J connectivity index is 1.58. The van der Waals surface area contributed by atoms with E-state index < -0.39 is 11.7 Å². The summed E-state index contributed by atoms with van der Waals surface area (Å²) in [4.78, 5) is 21.1. The fourth-order valence-corrected chi connectivity index (χ4v) is 5.06. The number of nitrogens with zero attached hydrogens (tertiary/aromatic N) is 3. The van der Waals surface area contributed by atoms with Crippen LogP contribution in [0.15, 0.2) is 47.8 Å². The maximum atomic E-state index is 13.3. The Kier molecular flexibility index (Phi) is 8.15. The summed E-state index contributed by atoms with van der Waals surface area (Å²) in [5.74, 6) is 1.19. The number of aromatic nitrogens is 1. The zero-order valence-corrected chi connectivity index (χ0v) is 21.0. The van der Waals surface area contributed by atoms with Crippen LogP contribution < -0.4 is 9.47 Å². The van der Waals surface area contributed by atoms with Crippen molar-refractivity contribution in [3.05, 3.63) is 75.2 Å². The molecule has 0 saturated carbocycles. The minimum atomic E-state index is -4.42. The number of hydrogen-bond acceptors (Lipinski definition) is 6. The second-order valence-corrected chi connectivity index (χ2v) is 9.59. The van der Waals surface area contributed by atoms with Gasteiger partial charge in [-0.3, -0.25) is 9.69 Å². The van der Waals surface area contributed by atoms with Gasteiger partial charge in [0.25, 0.3) is 5.91 Å². The minimum absolute atomic E-state index is 0.0729. The molecule has 0 radical (unpaired) electrons. The molecule has 4 rings (SSSR count). The standard InChI is InChI=1S/C26H28F3N3O3S/c1-34-21-9-8-19(23(13-21)35-2)15-31(14-18-6-5-7-20(12-18)26(27,28)29)16-24-30-22(17-36-24)25(33)32-10-3-4-11-32/h5-9,12-13,17H,3-4,10-11,14-16H2,1-2H3. The number of likely N-dealkylation sites (tertiary alicyclic amines) is 1. The van der Waals surface area contributed by atoms with E-state index >= 15 is 0 Å². The van der Waals surface area contributed by atoms with Gasteiger partial charge in [0.1, 0.15) is 22.2 Å². The van der Waals surface area contributed by atoms with Gasteiger partial charge < -0.3 is 14.4 Å². The normalized spacial score (nSPS) is 13.9. The van der Waals surface area contributed by atoms with Gasteiger partial charge in [0, 0.05) is 43.2 Å². The number of carbonyl (C=O) groups excluding carboxylic acids is 1. The summed E-state index contributed by atoms with van der Waals surface area (Å²) in [5.41, 5.74) is 1.12. The lowest BCUT2D eigenvalue weighted by Gasteiger charge is -2.23. The molecule has 36 heavy (non-hydrogen) atoms. The van der Waals surface area contributed by atoms with Crippen molar-refractivity contribution in [3.63, 3.8) is 0 Å².